The molecule has 2 heterocycles. The fraction of sp³-hybridized carbons (Fsp3) is 0.174. The van der Waals surface area contributed by atoms with Gasteiger partial charge in [-0.05, 0) is 36.5 Å². The van der Waals surface area contributed by atoms with Gasteiger partial charge in [0.15, 0.2) is 5.78 Å². The molecule has 0 unspecified atom stereocenters. The highest BCUT2D eigenvalue weighted by molar-refractivity contribution is 6.00. The van der Waals surface area contributed by atoms with Crippen LogP contribution in [0.5, 0.6) is 0 Å². The van der Waals surface area contributed by atoms with Gasteiger partial charge in [-0.1, -0.05) is 54.6 Å². The molecule has 0 aliphatic heterocycles. The summed E-state index contributed by atoms with van der Waals surface area (Å²) >= 11 is 0. The number of rotatable bonds is 2. The lowest BCUT2D eigenvalue weighted by atomic mass is 9.80. The smallest absolute Gasteiger partial charge is 0.222 e. The van der Waals surface area contributed by atoms with Crippen LogP contribution in [0, 0.1) is 6.92 Å². The normalized spacial score (nSPS) is 16.3. The van der Waals surface area contributed by atoms with Crippen molar-refractivity contribution in [2.45, 2.75) is 25.7 Å². The lowest BCUT2D eigenvalue weighted by Gasteiger charge is -2.24. The van der Waals surface area contributed by atoms with E-state index in [1.807, 2.05) is 48.5 Å². The first kappa shape index (κ1) is 16.7. The zero-order valence-corrected chi connectivity index (χ0v) is 15.6. The molecule has 1 aliphatic carbocycles. The Morgan fingerprint density at radius 1 is 1.04 bits per heavy atom. The minimum absolute atomic E-state index is 0.128. The van der Waals surface area contributed by atoms with Gasteiger partial charge >= 0.3 is 0 Å². The second-order valence-electron chi connectivity index (χ2n) is 7.37. The number of ketones is 1. The number of nitrogens with two attached hydrogens (primary N) is 1. The van der Waals surface area contributed by atoms with Crippen LogP contribution in [0.15, 0.2) is 60.7 Å². The number of hydrogen-bond donors (Lipinski definition) is 1. The molecule has 0 amide bonds. The Balaban J connectivity index is 1.64. The van der Waals surface area contributed by atoms with Crippen LogP contribution in [-0.2, 0) is 6.42 Å². The first-order valence-electron chi connectivity index (χ1n) is 9.44. The van der Waals surface area contributed by atoms with E-state index in [1.165, 1.54) is 11.1 Å². The molecule has 2 N–H and O–H groups in total. The summed E-state index contributed by atoms with van der Waals surface area (Å²) in [5.74, 6) is 0.606. The minimum atomic E-state index is 0.128. The molecule has 1 aliphatic rings. The van der Waals surface area contributed by atoms with Gasteiger partial charge in [0.25, 0.3) is 0 Å². The largest absolute Gasteiger partial charge is 0.368 e. The monoisotopic (exact) mass is 368 g/mol. The molecule has 5 nitrogen and oxygen atoms in total. The second-order valence-corrected chi connectivity index (χ2v) is 7.37. The fourth-order valence-corrected chi connectivity index (χ4v) is 4.18. The zero-order chi connectivity index (χ0) is 19.3. The third-order valence-electron chi connectivity index (χ3n) is 5.57. The SMILES string of the molecule is Cc1ccccc1[C@@H]1CC(=O)c2cc3c(-c4ccccc4)nc(N)n3nc2C1. The van der Waals surface area contributed by atoms with Crippen molar-refractivity contribution < 1.29 is 4.79 Å². The van der Waals surface area contributed by atoms with Crippen LogP contribution in [0.3, 0.4) is 0 Å². The predicted molar refractivity (Wildman–Crippen MR) is 109 cm³/mol. The maximum atomic E-state index is 13.0. The maximum absolute atomic E-state index is 13.0. The van der Waals surface area contributed by atoms with Gasteiger partial charge in [0.1, 0.15) is 5.69 Å². The van der Waals surface area contributed by atoms with E-state index in [0.717, 1.165) is 28.9 Å². The van der Waals surface area contributed by atoms with E-state index in [0.29, 0.717) is 17.9 Å². The molecule has 4 aromatic rings. The molecule has 0 radical (unpaired) electrons. The van der Waals surface area contributed by atoms with E-state index in [2.05, 4.69) is 24.0 Å². The molecule has 1 atom stereocenters. The molecule has 0 saturated heterocycles. The van der Waals surface area contributed by atoms with Crippen LogP contribution in [0.4, 0.5) is 5.95 Å². The molecular formula is C23H20N4O. The summed E-state index contributed by atoms with van der Waals surface area (Å²) in [7, 11) is 0. The zero-order valence-electron chi connectivity index (χ0n) is 15.6. The first-order chi connectivity index (χ1) is 13.6. The van der Waals surface area contributed by atoms with E-state index in [9.17, 15) is 4.79 Å². The van der Waals surface area contributed by atoms with Crippen LogP contribution in [0.2, 0.25) is 0 Å². The van der Waals surface area contributed by atoms with E-state index >= 15 is 0 Å². The average molecular weight is 368 g/mol. The number of aromatic nitrogens is 3. The van der Waals surface area contributed by atoms with Gasteiger partial charge in [-0.3, -0.25) is 4.79 Å². The minimum Gasteiger partial charge on any atom is -0.368 e. The summed E-state index contributed by atoms with van der Waals surface area (Å²) in [5, 5.41) is 4.73. The summed E-state index contributed by atoms with van der Waals surface area (Å²) in [6.07, 6.45) is 1.22. The number of carbonyl (C=O) groups excluding carboxylic acids is 1. The highest BCUT2D eigenvalue weighted by Gasteiger charge is 2.29. The van der Waals surface area contributed by atoms with E-state index in [4.69, 9.17) is 10.8 Å². The second kappa shape index (κ2) is 6.30. The molecule has 0 saturated carbocycles. The summed E-state index contributed by atoms with van der Waals surface area (Å²) in [6.45, 7) is 2.09. The molecule has 2 aromatic carbocycles. The van der Waals surface area contributed by atoms with Crippen LogP contribution >= 0.6 is 0 Å². The number of aryl methyl sites for hydroxylation is 1. The molecule has 0 bridgehead atoms. The Hall–Kier alpha value is -3.47. The number of nitrogens with zero attached hydrogens (tertiary/aromatic N) is 3. The van der Waals surface area contributed by atoms with Gasteiger partial charge < -0.3 is 5.73 Å². The van der Waals surface area contributed by atoms with Crippen molar-refractivity contribution in [2.75, 3.05) is 5.73 Å². The highest BCUT2D eigenvalue weighted by atomic mass is 16.1. The Morgan fingerprint density at radius 2 is 1.79 bits per heavy atom. The number of hydrogen-bond acceptors (Lipinski definition) is 4. The van der Waals surface area contributed by atoms with Crippen LogP contribution in [0.25, 0.3) is 16.8 Å². The van der Waals surface area contributed by atoms with Crippen LogP contribution in [-0.4, -0.2) is 20.4 Å². The van der Waals surface area contributed by atoms with Gasteiger partial charge in [0, 0.05) is 17.5 Å². The quantitative estimate of drug-likeness (QED) is 0.575. The molecule has 5 heteroatoms. The lowest BCUT2D eigenvalue weighted by Crippen LogP contribution is -2.22. The molecule has 0 fully saturated rings. The topological polar surface area (TPSA) is 73.3 Å². The van der Waals surface area contributed by atoms with E-state index in [1.54, 1.807) is 4.52 Å². The van der Waals surface area contributed by atoms with Gasteiger partial charge in [0.05, 0.1) is 11.2 Å². The van der Waals surface area contributed by atoms with Crippen molar-refractivity contribution >= 4 is 17.2 Å². The van der Waals surface area contributed by atoms with Crippen molar-refractivity contribution in [3.05, 3.63) is 83.0 Å². The number of fused-ring (bicyclic) bond motifs is 2. The fourth-order valence-electron chi connectivity index (χ4n) is 4.18. The number of carbonyl (C=O) groups is 1. The molecule has 5 rings (SSSR count). The average Bonchev–Trinajstić information content (AvgIpc) is 3.03. The summed E-state index contributed by atoms with van der Waals surface area (Å²) in [4.78, 5) is 17.5. The van der Waals surface area contributed by atoms with Gasteiger partial charge in [-0.15, -0.1) is 0 Å². The number of anilines is 1. The summed E-state index contributed by atoms with van der Waals surface area (Å²) < 4.78 is 1.66. The number of benzene rings is 2. The van der Waals surface area contributed by atoms with Gasteiger partial charge in [-0.25, -0.2) is 4.98 Å². The van der Waals surface area contributed by atoms with Crippen molar-refractivity contribution in [2.24, 2.45) is 0 Å². The Labute approximate surface area is 162 Å². The summed E-state index contributed by atoms with van der Waals surface area (Å²) in [5.41, 5.74) is 12.5. The van der Waals surface area contributed by atoms with Crippen molar-refractivity contribution in [1.29, 1.82) is 0 Å². The third-order valence-corrected chi connectivity index (χ3v) is 5.57. The maximum Gasteiger partial charge on any atom is 0.222 e. The summed E-state index contributed by atoms with van der Waals surface area (Å²) in [6, 6.07) is 20.0. The Kier molecular flexibility index (Phi) is 3.76. The highest BCUT2D eigenvalue weighted by Crippen LogP contribution is 2.35. The molecule has 0 spiro atoms. The first-order valence-corrected chi connectivity index (χ1v) is 9.44. The van der Waals surface area contributed by atoms with Crippen molar-refractivity contribution in [3.8, 4) is 11.3 Å². The van der Waals surface area contributed by atoms with Crippen molar-refractivity contribution in [3.63, 3.8) is 0 Å². The third kappa shape index (κ3) is 2.59. The van der Waals surface area contributed by atoms with Crippen LogP contribution in [0.1, 0.15) is 39.5 Å². The standard InChI is InChI=1S/C23H20N4O/c1-14-7-5-6-10-17(14)16-11-19-18(21(28)12-16)13-20-22(15-8-3-2-4-9-15)25-23(24)27(20)26-19/h2-10,13,16H,11-12H2,1H3,(H2,24,25)/t16-/m0/s1. The van der Waals surface area contributed by atoms with Crippen molar-refractivity contribution in [1.82, 2.24) is 14.6 Å². The van der Waals surface area contributed by atoms with Crippen LogP contribution < -0.4 is 5.73 Å². The predicted octanol–water partition coefficient (Wildman–Crippen LogP) is 4.20. The molecular weight excluding hydrogens is 348 g/mol. The molecule has 2 aromatic heterocycles. The van der Waals surface area contributed by atoms with E-state index in [-0.39, 0.29) is 11.7 Å². The molecule has 138 valence electrons. The Morgan fingerprint density at radius 3 is 2.57 bits per heavy atom. The lowest BCUT2D eigenvalue weighted by molar-refractivity contribution is 0.0962. The van der Waals surface area contributed by atoms with Gasteiger partial charge in [0.2, 0.25) is 5.95 Å². The Bertz CT molecular complexity index is 1210. The molecule has 28 heavy (non-hydrogen) atoms. The number of Topliss-reactive ketones (excluding diaryl/α,β-unsaturated/α-hetero) is 1. The van der Waals surface area contributed by atoms with E-state index < -0.39 is 0 Å². The number of imidazole rings is 1. The van der Waals surface area contributed by atoms with Gasteiger partial charge in [-0.2, -0.15) is 9.61 Å². The number of nitrogen functional groups attached to an aromatic ring is 1.